The first-order valence-corrected chi connectivity index (χ1v) is 7.99. The molecule has 23 heavy (non-hydrogen) atoms. The van der Waals surface area contributed by atoms with Crippen molar-refractivity contribution < 1.29 is 14.1 Å². The zero-order chi connectivity index (χ0) is 16.2. The van der Waals surface area contributed by atoms with Gasteiger partial charge in [0.15, 0.2) is 0 Å². The molecule has 0 radical (unpaired) electrons. The number of carbonyl (C=O) groups is 1. The van der Waals surface area contributed by atoms with Crippen molar-refractivity contribution in [3.63, 3.8) is 0 Å². The monoisotopic (exact) mass is 315 g/mol. The van der Waals surface area contributed by atoms with Crippen molar-refractivity contribution in [1.29, 1.82) is 0 Å². The maximum Gasteiger partial charge on any atom is 0.337 e. The summed E-state index contributed by atoms with van der Waals surface area (Å²) in [5.74, 6) is 0.795. The van der Waals surface area contributed by atoms with Crippen molar-refractivity contribution in [2.24, 2.45) is 0 Å². The molecule has 1 atom stereocenters. The molecule has 0 bridgehead atoms. The molecule has 0 saturated carbocycles. The largest absolute Gasteiger partial charge is 0.465 e. The molecule has 6 heteroatoms. The summed E-state index contributed by atoms with van der Waals surface area (Å²) in [5.41, 5.74) is 1.23. The molecule has 1 saturated heterocycles. The summed E-state index contributed by atoms with van der Waals surface area (Å²) in [6.45, 7) is 4.29. The van der Waals surface area contributed by atoms with E-state index in [4.69, 9.17) is 9.26 Å². The fourth-order valence-corrected chi connectivity index (χ4v) is 3.05. The van der Waals surface area contributed by atoms with E-state index < -0.39 is 0 Å². The highest BCUT2D eigenvalue weighted by molar-refractivity contribution is 5.90. The van der Waals surface area contributed by atoms with Gasteiger partial charge in [-0.2, -0.15) is 4.98 Å². The van der Waals surface area contributed by atoms with E-state index in [9.17, 15) is 4.79 Å². The van der Waals surface area contributed by atoms with Crippen molar-refractivity contribution in [3.05, 3.63) is 35.7 Å². The molecule has 2 heterocycles. The smallest absolute Gasteiger partial charge is 0.337 e. The minimum Gasteiger partial charge on any atom is -0.465 e. The fraction of sp³-hybridized carbons (Fsp3) is 0.471. The number of hydrogen-bond donors (Lipinski definition) is 0. The Hall–Kier alpha value is -2.21. The molecule has 1 fully saturated rings. The maximum absolute atomic E-state index is 11.6. The third kappa shape index (κ3) is 3.27. The number of aromatic nitrogens is 2. The van der Waals surface area contributed by atoms with Crippen LogP contribution in [0.3, 0.4) is 0 Å². The molecule has 1 aromatic carbocycles. The molecule has 0 N–H and O–H groups in total. The predicted octanol–water partition coefficient (Wildman–Crippen LogP) is 3.07. The Balaban J connectivity index is 1.83. The second-order valence-corrected chi connectivity index (χ2v) is 5.72. The molecule has 0 aliphatic carbocycles. The number of likely N-dealkylation sites (tertiary alicyclic amines) is 1. The summed E-state index contributed by atoms with van der Waals surface area (Å²) in [4.78, 5) is 18.6. The lowest BCUT2D eigenvalue weighted by atomic mass is 10.1. The van der Waals surface area contributed by atoms with E-state index in [0.717, 1.165) is 37.9 Å². The van der Waals surface area contributed by atoms with Gasteiger partial charge in [0.2, 0.25) is 11.7 Å². The van der Waals surface area contributed by atoms with Crippen molar-refractivity contribution >= 4 is 5.97 Å². The van der Waals surface area contributed by atoms with E-state index in [-0.39, 0.29) is 12.0 Å². The van der Waals surface area contributed by atoms with Crippen LogP contribution in [0.5, 0.6) is 0 Å². The van der Waals surface area contributed by atoms with E-state index >= 15 is 0 Å². The molecule has 6 nitrogen and oxygen atoms in total. The Morgan fingerprint density at radius 2 is 2.35 bits per heavy atom. The topological polar surface area (TPSA) is 68.5 Å². The summed E-state index contributed by atoms with van der Waals surface area (Å²) >= 11 is 0. The van der Waals surface area contributed by atoms with Gasteiger partial charge >= 0.3 is 5.97 Å². The third-order valence-corrected chi connectivity index (χ3v) is 4.14. The first-order chi connectivity index (χ1) is 11.2. The number of benzene rings is 1. The molecule has 122 valence electrons. The Labute approximate surface area is 135 Å². The van der Waals surface area contributed by atoms with Crippen LogP contribution in [0.1, 0.15) is 48.5 Å². The molecule has 2 aromatic rings. The molecule has 1 aliphatic rings. The number of hydrogen-bond acceptors (Lipinski definition) is 6. The molecule has 1 aromatic heterocycles. The van der Waals surface area contributed by atoms with Gasteiger partial charge in [-0.3, -0.25) is 4.90 Å². The second kappa shape index (κ2) is 6.91. The van der Waals surface area contributed by atoms with Crippen LogP contribution in [0.25, 0.3) is 11.4 Å². The molecule has 0 amide bonds. The lowest BCUT2D eigenvalue weighted by molar-refractivity contribution is 0.0601. The summed E-state index contributed by atoms with van der Waals surface area (Å²) in [6, 6.07) is 7.28. The molecule has 0 unspecified atom stereocenters. The Morgan fingerprint density at radius 3 is 3.13 bits per heavy atom. The number of ether oxygens (including phenoxy) is 1. The maximum atomic E-state index is 11.6. The summed E-state index contributed by atoms with van der Waals surface area (Å²) in [5, 5.41) is 4.09. The van der Waals surface area contributed by atoms with Crippen LogP contribution < -0.4 is 0 Å². The molecule has 3 rings (SSSR count). The number of methoxy groups -OCH3 is 1. The van der Waals surface area contributed by atoms with Gasteiger partial charge in [0.05, 0.1) is 18.7 Å². The van der Waals surface area contributed by atoms with Gasteiger partial charge < -0.3 is 9.26 Å². The lowest BCUT2D eigenvalue weighted by Crippen LogP contribution is -2.24. The average Bonchev–Trinajstić information content (AvgIpc) is 3.23. The van der Waals surface area contributed by atoms with Crippen LogP contribution in [-0.2, 0) is 4.74 Å². The highest BCUT2D eigenvalue weighted by Crippen LogP contribution is 2.32. The van der Waals surface area contributed by atoms with Gasteiger partial charge in [0.1, 0.15) is 0 Å². The normalized spacial score (nSPS) is 18.3. The zero-order valence-electron chi connectivity index (χ0n) is 13.5. The molecule has 0 spiro atoms. The van der Waals surface area contributed by atoms with Gasteiger partial charge in [0.25, 0.3) is 0 Å². The quantitative estimate of drug-likeness (QED) is 0.790. The number of carbonyl (C=O) groups excluding carboxylic acids is 1. The highest BCUT2D eigenvalue weighted by Gasteiger charge is 2.30. The van der Waals surface area contributed by atoms with Gasteiger partial charge in [-0.15, -0.1) is 0 Å². The number of nitrogens with zero attached hydrogens (tertiary/aromatic N) is 3. The summed E-state index contributed by atoms with van der Waals surface area (Å²) in [7, 11) is 1.36. The zero-order valence-corrected chi connectivity index (χ0v) is 13.5. The van der Waals surface area contributed by atoms with E-state index in [1.807, 2.05) is 6.07 Å². The highest BCUT2D eigenvalue weighted by atomic mass is 16.5. The average molecular weight is 315 g/mol. The summed E-state index contributed by atoms with van der Waals surface area (Å²) < 4.78 is 10.2. The molecular weight excluding hydrogens is 294 g/mol. The van der Waals surface area contributed by atoms with Gasteiger partial charge in [-0.05, 0) is 44.5 Å². The fourth-order valence-electron chi connectivity index (χ4n) is 3.05. The first-order valence-electron chi connectivity index (χ1n) is 7.99. The Bertz CT molecular complexity index is 683. The second-order valence-electron chi connectivity index (χ2n) is 5.72. The van der Waals surface area contributed by atoms with Crippen molar-refractivity contribution in [2.45, 2.75) is 32.2 Å². The van der Waals surface area contributed by atoms with Gasteiger partial charge in [-0.25, -0.2) is 4.79 Å². The van der Waals surface area contributed by atoms with E-state index in [2.05, 4.69) is 22.0 Å². The number of esters is 1. The predicted molar refractivity (Wildman–Crippen MR) is 84.9 cm³/mol. The SMILES string of the molecule is CCCN1CCC[C@@H]1c1nc(-c2cccc(C(=O)OC)c2)no1. The standard InChI is InChI=1S/C17H21N3O3/c1-3-9-20-10-5-8-14(20)16-18-15(19-23-16)12-6-4-7-13(11-12)17(21)22-2/h4,6-7,11,14H,3,5,8-10H2,1-2H3/t14-/m1/s1. The van der Waals surface area contributed by atoms with E-state index in [1.165, 1.54) is 7.11 Å². The molecular formula is C17H21N3O3. The van der Waals surface area contributed by atoms with Crippen LogP contribution in [-0.4, -0.2) is 41.2 Å². The first kappa shape index (κ1) is 15.7. The van der Waals surface area contributed by atoms with Gasteiger partial charge in [-0.1, -0.05) is 24.2 Å². The van der Waals surface area contributed by atoms with Crippen LogP contribution in [0, 0.1) is 0 Å². The molecule has 1 aliphatic heterocycles. The van der Waals surface area contributed by atoms with Crippen molar-refractivity contribution in [1.82, 2.24) is 15.0 Å². The van der Waals surface area contributed by atoms with Crippen molar-refractivity contribution in [3.8, 4) is 11.4 Å². The van der Waals surface area contributed by atoms with Crippen LogP contribution >= 0.6 is 0 Å². The Morgan fingerprint density at radius 1 is 1.48 bits per heavy atom. The van der Waals surface area contributed by atoms with E-state index in [0.29, 0.717) is 17.3 Å². The van der Waals surface area contributed by atoms with Crippen LogP contribution in [0.4, 0.5) is 0 Å². The van der Waals surface area contributed by atoms with Crippen LogP contribution in [0.2, 0.25) is 0 Å². The minimum absolute atomic E-state index is 0.208. The van der Waals surface area contributed by atoms with Gasteiger partial charge in [0, 0.05) is 5.56 Å². The van der Waals surface area contributed by atoms with Crippen molar-refractivity contribution in [2.75, 3.05) is 20.2 Å². The Kier molecular flexibility index (Phi) is 4.71. The number of rotatable bonds is 5. The minimum atomic E-state index is -0.375. The third-order valence-electron chi connectivity index (χ3n) is 4.14. The van der Waals surface area contributed by atoms with E-state index in [1.54, 1.807) is 18.2 Å². The lowest BCUT2D eigenvalue weighted by Gasteiger charge is -2.20. The summed E-state index contributed by atoms with van der Waals surface area (Å²) in [6.07, 6.45) is 3.31. The van der Waals surface area contributed by atoms with Crippen LogP contribution in [0.15, 0.2) is 28.8 Å².